The van der Waals surface area contributed by atoms with Gasteiger partial charge in [0.25, 0.3) is 5.91 Å². The molecule has 45 heavy (non-hydrogen) atoms. The molecule has 1 aliphatic heterocycles. The van der Waals surface area contributed by atoms with Gasteiger partial charge in [-0.25, -0.2) is 9.97 Å². The second kappa shape index (κ2) is 9.87. The first kappa shape index (κ1) is 26.6. The molecule has 0 spiro atoms. The van der Waals surface area contributed by atoms with Crippen LogP contribution in [0, 0.1) is 11.8 Å². The van der Waals surface area contributed by atoms with Gasteiger partial charge >= 0.3 is 0 Å². The Kier molecular flexibility index (Phi) is 5.84. The standard InChI is InChI=1S/C36H35N7O2/c1-41-33-28(15-23(17-31(33)45-2)36(44)43-19-22-11-13-29(43)32(22)37)40-35(41)30-16-21-10-12-27(39-34(21)42(30)18-20-8-9-20)25-5-3-7-26-24(25)6-4-14-38-26/h3-7,10,12,14-17,20,22,29,32H,8-9,11,13,18-19,37H2,1-2H3/t22-,29-,32-/m1/s1. The molecule has 4 aromatic heterocycles. The van der Waals surface area contributed by atoms with Crippen LogP contribution < -0.4 is 10.5 Å². The van der Waals surface area contributed by atoms with Gasteiger partial charge in [0.15, 0.2) is 5.82 Å². The number of ether oxygens (including phenoxy) is 1. The number of rotatable bonds is 6. The molecule has 3 aliphatic rings. The first-order valence-electron chi connectivity index (χ1n) is 15.9. The topological polar surface area (TPSA) is 104 Å². The van der Waals surface area contributed by atoms with Gasteiger partial charge in [-0.15, -0.1) is 0 Å². The fraction of sp³-hybridized carbons (Fsp3) is 0.333. The molecule has 2 saturated carbocycles. The molecule has 3 atom stereocenters. The maximum absolute atomic E-state index is 13.8. The highest BCUT2D eigenvalue weighted by Gasteiger charge is 2.47. The highest BCUT2D eigenvalue weighted by atomic mass is 16.5. The summed E-state index contributed by atoms with van der Waals surface area (Å²) in [6.07, 6.45) is 6.34. The maximum Gasteiger partial charge on any atom is 0.254 e. The van der Waals surface area contributed by atoms with Crippen LogP contribution in [0.15, 0.2) is 66.9 Å². The first-order valence-corrected chi connectivity index (χ1v) is 15.9. The zero-order valence-corrected chi connectivity index (χ0v) is 25.5. The molecule has 1 saturated heterocycles. The van der Waals surface area contributed by atoms with E-state index in [-0.39, 0.29) is 18.0 Å². The number of aromatic nitrogens is 5. The van der Waals surface area contributed by atoms with Crippen molar-refractivity contribution < 1.29 is 9.53 Å². The molecule has 226 valence electrons. The molecular weight excluding hydrogens is 562 g/mol. The van der Waals surface area contributed by atoms with Crippen LogP contribution in [0.2, 0.25) is 0 Å². The maximum atomic E-state index is 13.8. The van der Waals surface area contributed by atoms with Gasteiger partial charge in [0.1, 0.15) is 16.9 Å². The molecule has 3 fully saturated rings. The van der Waals surface area contributed by atoms with Crippen LogP contribution in [0.3, 0.4) is 0 Å². The normalized spacial score (nSPS) is 21.0. The van der Waals surface area contributed by atoms with E-state index in [1.54, 1.807) is 7.11 Å². The molecule has 5 heterocycles. The fourth-order valence-corrected chi connectivity index (χ4v) is 7.80. The average Bonchev–Trinajstić information content (AvgIpc) is 3.47. The number of aryl methyl sites for hydroxylation is 1. The molecule has 9 nitrogen and oxygen atoms in total. The Morgan fingerprint density at radius 1 is 1.00 bits per heavy atom. The van der Waals surface area contributed by atoms with Crippen molar-refractivity contribution in [1.82, 2.24) is 29.0 Å². The lowest BCUT2D eigenvalue weighted by atomic mass is 10.0. The van der Waals surface area contributed by atoms with E-state index < -0.39 is 0 Å². The number of pyridine rings is 2. The van der Waals surface area contributed by atoms with Gasteiger partial charge in [0.2, 0.25) is 0 Å². The fourth-order valence-electron chi connectivity index (χ4n) is 7.80. The molecule has 1 amide bonds. The molecule has 9 rings (SSSR count). The van der Waals surface area contributed by atoms with Crippen molar-refractivity contribution >= 4 is 38.9 Å². The van der Waals surface area contributed by atoms with E-state index in [1.807, 2.05) is 48.5 Å². The predicted octanol–water partition coefficient (Wildman–Crippen LogP) is 5.79. The number of piperidine rings is 1. The van der Waals surface area contributed by atoms with Crippen LogP contribution in [0.25, 0.3) is 55.7 Å². The molecule has 6 aromatic rings. The minimum atomic E-state index is 0.00765. The number of nitrogens with zero attached hydrogens (tertiary/aromatic N) is 6. The van der Waals surface area contributed by atoms with Crippen LogP contribution >= 0.6 is 0 Å². The molecular formula is C36H35N7O2. The Morgan fingerprint density at radius 2 is 1.89 bits per heavy atom. The van der Waals surface area contributed by atoms with Crippen LogP contribution in [-0.4, -0.2) is 60.6 Å². The minimum absolute atomic E-state index is 0.00765. The Hall–Kier alpha value is -4.76. The largest absolute Gasteiger partial charge is 0.494 e. The quantitative estimate of drug-likeness (QED) is 0.261. The van der Waals surface area contributed by atoms with E-state index in [9.17, 15) is 4.79 Å². The van der Waals surface area contributed by atoms with Crippen LogP contribution in [-0.2, 0) is 13.6 Å². The van der Waals surface area contributed by atoms with Crippen LogP contribution in [0.1, 0.15) is 36.0 Å². The van der Waals surface area contributed by atoms with E-state index in [2.05, 4.69) is 44.5 Å². The van der Waals surface area contributed by atoms with Crippen molar-refractivity contribution in [1.29, 1.82) is 0 Å². The average molecular weight is 598 g/mol. The number of imidazole rings is 1. The highest BCUT2D eigenvalue weighted by Crippen LogP contribution is 2.40. The number of methoxy groups -OCH3 is 1. The molecule has 2 N–H and O–H groups in total. The van der Waals surface area contributed by atoms with Gasteiger partial charge in [-0.3, -0.25) is 9.78 Å². The molecule has 9 heteroatoms. The van der Waals surface area contributed by atoms with Crippen molar-refractivity contribution in [3.8, 4) is 28.5 Å². The number of hydrogen-bond acceptors (Lipinski definition) is 6. The first-order chi connectivity index (χ1) is 22.0. The number of fused-ring (bicyclic) bond motifs is 5. The third-order valence-electron chi connectivity index (χ3n) is 10.3. The van der Waals surface area contributed by atoms with Gasteiger partial charge in [0, 0.05) is 60.3 Å². The SMILES string of the molecule is COc1cc(C(=O)N2C[C@H]3CC[C@@H]2[C@@H]3N)cc2nc(-c3cc4ccc(-c5cccc6ncccc56)nc4n3CC3CC3)n(C)c12. The zero-order chi connectivity index (χ0) is 30.4. The number of hydrogen-bond donors (Lipinski definition) is 1. The molecule has 0 radical (unpaired) electrons. The molecule has 2 bridgehead atoms. The molecule has 2 aliphatic carbocycles. The summed E-state index contributed by atoms with van der Waals surface area (Å²) < 4.78 is 10.3. The summed E-state index contributed by atoms with van der Waals surface area (Å²) >= 11 is 0. The van der Waals surface area contributed by atoms with Gasteiger partial charge in [0.05, 0.1) is 29.5 Å². The molecule has 2 aromatic carbocycles. The van der Waals surface area contributed by atoms with E-state index in [0.29, 0.717) is 23.1 Å². The Labute approximate surface area is 260 Å². The number of nitrogens with two attached hydrogens (primary N) is 1. The van der Waals surface area contributed by atoms with Crippen molar-refractivity contribution in [2.75, 3.05) is 13.7 Å². The zero-order valence-electron chi connectivity index (χ0n) is 25.5. The lowest BCUT2D eigenvalue weighted by Crippen LogP contribution is -2.41. The van der Waals surface area contributed by atoms with E-state index in [4.69, 9.17) is 20.4 Å². The smallest absolute Gasteiger partial charge is 0.254 e. The van der Waals surface area contributed by atoms with E-state index >= 15 is 0 Å². The summed E-state index contributed by atoms with van der Waals surface area (Å²) in [4.78, 5) is 30.7. The summed E-state index contributed by atoms with van der Waals surface area (Å²) in [6.45, 7) is 1.61. The van der Waals surface area contributed by atoms with Gasteiger partial charge in [-0.1, -0.05) is 18.2 Å². The highest BCUT2D eigenvalue weighted by molar-refractivity contribution is 6.01. The lowest BCUT2D eigenvalue weighted by Gasteiger charge is -2.27. The predicted molar refractivity (Wildman–Crippen MR) is 175 cm³/mol. The van der Waals surface area contributed by atoms with Gasteiger partial charge < -0.3 is 24.5 Å². The third kappa shape index (κ3) is 4.10. The van der Waals surface area contributed by atoms with Crippen LogP contribution in [0.4, 0.5) is 0 Å². The Balaban J connectivity index is 1.17. The second-order valence-corrected chi connectivity index (χ2v) is 13.0. The number of likely N-dealkylation sites (tertiary alicyclic amines) is 1. The summed E-state index contributed by atoms with van der Waals surface area (Å²) in [5.41, 5.74) is 13.5. The summed E-state index contributed by atoms with van der Waals surface area (Å²) in [5, 5.41) is 2.16. The molecule has 0 unspecified atom stereocenters. The summed E-state index contributed by atoms with van der Waals surface area (Å²) in [7, 11) is 3.68. The van der Waals surface area contributed by atoms with E-state index in [0.717, 1.165) is 81.7 Å². The van der Waals surface area contributed by atoms with E-state index in [1.165, 1.54) is 12.8 Å². The van der Waals surface area contributed by atoms with Crippen molar-refractivity contribution in [3.63, 3.8) is 0 Å². The summed E-state index contributed by atoms with van der Waals surface area (Å²) in [5.74, 6) is 2.49. The van der Waals surface area contributed by atoms with Gasteiger partial charge in [-0.2, -0.15) is 0 Å². The Bertz CT molecular complexity index is 2150. The van der Waals surface area contributed by atoms with Crippen LogP contribution in [0.5, 0.6) is 5.75 Å². The van der Waals surface area contributed by atoms with Gasteiger partial charge in [-0.05, 0) is 80.0 Å². The minimum Gasteiger partial charge on any atom is -0.494 e. The van der Waals surface area contributed by atoms with Crippen molar-refractivity contribution in [2.45, 2.75) is 44.3 Å². The lowest BCUT2D eigenvalue weighted by molar-refractivity contribution is 0.0700. The van der Waals surface area contributed by atoms with Crippen molar-refractivity contribution in [2.24, 2.45) is 24.6 Å². The Morgan fingerprint density at radius 3 is 2.67 bits per heavy atom. The number of benzene rings is 2. The number of carbonyl (C=O) groups is 1. The van der Waals surface area contributed by atoms with Crippen molar-refractivity contribution in [3.05, 3.63) is 72.4 Å². The summed E-state index contributed by atoms with van der Waals surface area (Å²) in [6, 6.07) is 20.7. The third-order valence-corrected chi connectivity index (χ3v) is 10.3. The number of carbonyl (C=O) groups excluding carboxylic acids is 1. The monoisotopic (exact) mass is 597 g/mol. The number of amides is 1. The second-order valence-electron chi connectivity index (χ2n) is 13.0.